The Bertz CT molecular complexity index is 851. The molecule has 2 N–H and O–H groups in total. The summed E-state index contributed by atoms with van der Waals surface area (Å²) in [6, 6.07) is 6.49. The van der Waals surface area contributed by atoms with Crippen LogP contribution in [0.5, 0.6) is 0 Å². The molecule has 1 aromatic carbocycles. The predicted molar refractivity (Wildman–Crippen MR) is 79.7 cm³/mol. The monoisotopic (exact) mass is 321 g/mol. The summed E-state index contributed by atoms with van der Waals surface area (Å²) in [5.41, 5.74) is 2.86. The standard InChI is InChI=1S/C15H15NO5S/c1-9-14(8-13(21-9)15(17)18)22(19,20)16-12-6-5-10-3-2-4-11(10)7-12/h5-8,16H,2-4H2,1H3,(H,17,18). The van der Waals surface area contributed by atoms with Crippen LogP contribution < -0.4 is 4.72 Å². The Labute approximate surface area is 127 Å². The quantitative estimate of drug-likeness (QED) is 0.902. The Morgan fingerprint density at radius 2 is 1.95 bits per heavy atom. The summed E-state index contributed by atoms with van der Waals surface area (Å²) in [5.74, 6) is -1.65. The smallest absolute Gasteiger partial charge is 0.371 e. The molecule has 0 atom stereocenters. The van der Waals surface area contributed by atoms with Crippen LogP contribution in [-0.4, -0.2) is 19.5 Å². The maximum Gasteiger partial charge on any atom is 0.371 e. The number of benzene rings is 1. The second kappa shape index (κ2) is 5.17. The van der Waals surface area contributed by atoms with Gasteiger partial charge in [0.1, 0.15) is 10.7 Å². The molecule has 2 aromatic rings. The number of rotatable bonds is 4. The molecule has 0 bridgehead atoms. The van der Waals surface area contributed by atoms with E-state index in [4.69, 9.17) is 9.52 Å². The van der Waals surface area contributed by atoms with E-state index in [1.54, 1.807) is 6.07 Å². The van der Waals surface area contributed by atoms with E-state index in [1.807, 2.05) is 12.1 Å². The van der Waals surface area contributed by atoms with Gasteiger partial charge in [-0.1, -0.05) is 6.07 Å². The second-order valence-electron chi connectivity index (χ2n) is 5.28. The molecule has 0 saturated carbocycles. The zero-order chi connectivity index (χ0) is 15.9. The minimum Gasteiger partial charge on any atom is -0.475 e. The lowest BCUT2D eigenvalue weighted by atomic mass is 10.1. The fourth-order valence-corrected chi connectivity index (χ4v) is 3.91. The minimum atomic E-state index is -3.88. The highest BCUT2D eigenvalue weighted by atomic mass is 32.2. The number of carboxylic acids is 1. The Balaban J connectivity index is 1.92. The summed E-state index contributed by atoms with van der Waals surface area (Å²) in [7, 11) is -3.88. The highest BCUT2D eigenvalue weighted by molar-refractivity contribution is 7.92. The number of hydrogen-bond acceptors (Lipinski definition) is 4. The molecule has 0 unspecified atom stereocenters. The third-order valence-corrected chi connectivity index (χ3v) is 5.21. The lowest BCUT2D eigenvalue weighted by molar-refractivity contribution is 0.0661. The van der Waals surface area contributed by atoms with Crippen molar-refractivity contribution in [1.82, 2.24) is 0 Å². The van der Waals surface area contributed by atoms with E-state index in [0.717, 1.165) is 30.9 Å². The first kappa shape index (κ1) is 14.6. The third-order valence-electron chi connectivity index (χ3n) is 3.72. The largest absolute Gasteiger partial charge is 0.475 e. The highest BCUT2D eigenvalue weighted by Gasteiger charge is 2.24. The normalized spacial score (nSPS) is 13.9. The maximum atomic E-state index is 12.4. The lowest BCUT2D eigenvalue weighted by Crippen LogP contribution is -2.13. The van der Waals surface area contributed by atoms with Gasteiger partial charge in [0.05, 0.1) is 0 Å². The number of sulfonamides is 1. The Morgan fingerprint density at radius 1 is 1.23 bits per heavy atom. The van der Waals surface area contributed by atoms with Crippen LogP contribution in [0.1, 0.15) is 33.9 Å². The van der Waals surface area contributed by atoms with Gasteiger partial charge in [0.2, 0.25) is 5.76 Å². The summed E-state index contributed by atoms with van der Waals surface area (Å²) in [6.45, 7) is 1.42. The van der Waals surface area contributed by atoms with Gasteiger partial charge in [0.25, 0.3) is 10.0 Å². The van der Waals surface area contributed by atoms with E-state index >= 15 is 0 Å². The molecule has 1 aliphatic carbocycles. The molecule has 22 heavy (non-hydrogen) atoms. The zero-order valence-electron chi connectivity index (χ0n) is 11.9. The predicted octanol–water partition coefficient (Wildman–Crippen LogP) is 2.58. The van der Waals surface area contributed by atoms with Gasteiger partial charge in [-0.2, -0.15) is 0 Å². The molecule has 116 valence electrons. The van der Waals surface area contributed by atoms with E-state index in [2.05, 4.69) is 4.72 Å². The Hall–Kier alpha value is -2.28. The number of aryl methyl sites for hydroxylation is 3. The third kappa shape index (κ3) is 2.59. The number of carboxylic acid groups (broad SMARTS) is 1. The Kier molecular flexibility index (Phi) is 3.44. The summed E-state index contributed by atoms with van der Waals surface area (Å²) in [4.78, 5) is 10.7. The summed E-state index contributed by atoms with van der Waals surface area (Å²) < 4.78 is 32.2. The highest BCUT2D eigenvalue weighted by Crippen LogP contribution is 2.27. The molecular weight excluding hydrogens is 306 g/mol. The second-order valence-corrected chi connectivity index (χ2v) is 6.93. The average Bonchev–Trinajstić information content (AvgIpc) is 3.04. The SMILES string of the molecule is Cc1oc(C(=O)O)cc1S(=O)(=O)Nc1ccc2c(c1)CCC2. The lowest BCUT2D eigenvalue weighted by Gasteiger charge is -2.08. The summed E-state index contributed by atoms with van der Waals surface area (Å²) in [5, 5.41) is 8.87. The van der Waals surface area contributed by atoms with Crippen LogP contribution >= 0.6 is 0 Å². The van der Waals surface area contributed by atoms with Crippen LogP contribution in [-0.2, 0) is 22.9 Å². The van der Waals surface area contributed by atoms with Gasteiger partial charge in [-0.25, -0.2) is 13.2 Å². The van der Waals surface area contributed by atoms with Crippen LogP contribution in [0.2, 0.25) is 0 Å². The average molecular weight is 321 g/mol. The van der Waals surface area contributed by atoms with Crippen LogP contribution in [0.4, 0.5) is 5.69 Å². The van der Waals surface area contributed by atoms with Crippen LogP contribution in [0.25, 0.3) is 0 Å². The van der Waals surface area contributed by atoms with Gasteiger partial charge in [0.15, 0.2) is 0 Å². The molecule has 0 fully saturated rings. The number of carbonyl (C=O) groups is 1. The number of furan rings is 1. The molecule has 7 heteroatoms. The first-order valence-electron chi connectivity index (χ1n) is 6.85. The van der Waals surface area contributed by atoms with Crippen LogP contribution in [0.3, 0.4) is 0 Å². The molecule has 0 saturated heterocycles. The molecule has 1 heterocycles. The number of fused-ring (bicyclic) bond motifs is 1. The number of nitrogens with one attached hydrogen (secondary N) is 1. The van der Waals surface area contributed by atoms with Crippen molar-refractivity contribution in [3.8, 4) is 0 Å². The van der Waals surface area contributed by atoms with Crippen molar-refractivity contribution in [2.24, 2.45) is 0 Å². The molecular formula is C15H15NO5S. The topological polar surface area (TPSA) is 96.6 Å². The fraction of sp³-hybridized carbons (Fsp3) is 0.267. The van der Waals surface area contributed by atoms with Crippen LogP contribution in [0.15, 0.2) is 33.6 Å². The number of anilines is 1. The molecule has 0 radical (unpaired) electrons. The van der Waals surface area contributed by atoms with Crippen molar-refractivity contribution >= 4 is 21.7 Å². The van der Waals surface area contributed by atoms with E-state index < -0.39 is 21.8 Å². The number of aromatic carboxylic acids is 1. The molecule has 1 aromatic heterocycles. The minimum absolute atomic E-state index is 0.0473. The maximum absolute atomic E-state index is 12.4. The van der Waals surface area contributed by atoms with Crippen molar-refractivity contribution < 1.29 is 22.7 Å². The molecule has 0 amide bonds. The van der Waals surface area contributed by atoms with Crippen molar-refractivity contribution in [2.75, 3.05) is 4.72 Å². The van der Waals surface area contributed by atoms with Crippen LogP contribution in [0, 0.1) is 6.92 Å². The van der Waals surface area contributed by atoms with Crippen molar-refractivity contribution in [3.05, 3.63) is 46.9 Å². The van der Waals surface area contributed by atoms with Gasteiger partial charge in [-0.05, 0) is 49.4 Å². The van der Waals surface area contributed by atoms with E-state index in [1.165, 1.54) is 12.5 Å². The molecule has 0 spiro atoms. The fourth-order valence-electron chi connectivity index (χ4n) is 2.68. The first-order valence-corrected chi connectivity index (χ1v) is 8.33. The van der Waals surface area contributed by atoms with Gasteiger partial charge < -0.3 is 9.52 Å². The molecule has 6 nitrogen and oxygen atoms in total. The van der Waals surface area contributed by atoms with E-state index in [-0.39, 0.29) is 10.7 Å². The van der Waals surface area contributed by atoms with Gasteiger partial charge in [-0.15, -0.1) is 0 Å². The Morgan fingerprint density at radius 3 is 2.64 bits per heavy atom. The first-order chi connectivity index (χ1) is 10.4. The molecule has 1 aliphatic rings. The van der Waals surface area contributed by atoms with Crippen molar-refractivity contribution in [1.29, 1.82) is 0 Å². The zero-order valence-corrected chi connectivity index (χ0v) is 12.7. The molecule has 0 aliphatic heterocycles. The van der Waals surface area contributed by atoms with E-state index in [9.17, 15) is 13.2 Å². The van der Waals surface area contributed by atoms with E-state index in [0.29, 0.717) is 5.69 Å². The summed E-state index contributed by atoms with van der Waals surface area (Å²) in [6.07, 6.45) is 3.04. The van der Waals surface area contributed by atoms with Crippen molar-refractivity contribution in [2.45, 2.75) is 31.1 Å². The summed E-state index contributed by atoms with van der Waals surface area (Å²) >= 11 is 0. The molecule has 3 rings (SSSR count). The van der Waals surface area contributed by atoms with Gasteiger partial charge >= 0.3 is 5.97 Å². The van der Waals surface area contributed by atoms with Gasteiger partial charge in [-0.3, -0.25) is 4.72 Å². The van der Waals surface area contributed by atoms with Crippen molar-refractivity contribution in [3.63, 3.8) is 0 Å². The number of hydrogen-bond donors (Lipinski definition) is 2. The van der Waals surface area contributed by atoms with Gasteiger partial charge in [0, 0.05) is 11.8 Å².